The first-order chi connectivity index (χ1) is 6.31. The summed E-state index contributed by atoms with van der Waals surface area (Å²) in [7, 11) is 0. The Morgan fingerprint density at radius 2 is 2.23 bits per heavy atom. The van der Waals surface area contributed by atoms with E-state index < -0.39 is 5.82 Å². The third-order valence-electron chi connectivity index (χ3n) is 2.28. The van der Waals surface area contributed by atoms with Crippen molar-refractivity contribution in [1.29, 1.82) is 0 Å². The predicted octanol–water partition coefficient (Wildman–Crippen LogP) is 2.02. The minimum atomic E-state index is -0.405. The fraction of sp³-hybridized carbons (Fsp3) is 0.300. The predicted molar refractivity (Wildman–Crippen MR) is 48.1 cm³/mol. The molecule has 0 aliphatic carbocycles. The molecule has 0 spiro atoms. The normalized spacial score (nSPS) is 14.8. The quantitative estimate of drug-likeness (QED) is 0.598. The molecule has 0 saturated heterocycles. The molecule has 0 amide bonds. The molecule has 3 heteroatoms. The zero-order valence-electron chi connectivity index (χ0n) is 7.10. The standard InChI is InChI=1S/C10H9FN2/c1-12-10-5-7-2-3-13-6-8(7)4-9(10)11/h4-5,13H,2-3,6H2. The highest BCUT2D eigenvalue weighted by atomic mass is 19.1. The molecule has 1 aliphatic rings. The lowest BCUT2D eigenvalue weighted by Gasteiger charge is -2.17. The van der Waals surface area contributed by atoms with Gasteiger partial charge < -0.3 is 5.32 Å². The van der Waals surface area contributed by atoms with Crippen LogP contribution in [-0.2, 0) is 13.0 Å². The lowest BCUT2D eigenvalue weighted by molar-refractivity contribution is 0.609. The highest BCUT2D eigenvalue weighted by Crippen LogP contribution is 2.24. The molecule has 1 aromatic rings. The van der Waals surface area contributed by atoms with E-state index >= 15 is 0 Å². The van der Waals surface area contributed by atoms with E-state index in [0.29, 0.717) is 6.54 Å². The van der Waals surface area contributed by atoms with Crippen LogP contribution in [0.2, 0.25) is 0 Å². The fourth-order valence-corrected chi connectivity index (χ4v) is 1.58. The number of nitrogens with one attached hydrogen (secondary N) is 1. The lowest BCUT2D eigenvalue weighted by Crippen LogP contribution is -2.23. The molecule has 1 aliphatic heterocycles. The van der Waals surface area contributed by atoms with Gasteiger partial charge in [-0.25, -0.2) is 9.24 Å². The number of fused-ring (bicyclic) bond motifs is 1. The van der Waals surface area contributed by atoms with Gasteiger partial charge in [-0.15, -0.1) is 0 Å². The summed E-state index contributed by atoms with van der Waals surface area (Å²) in [5.41, 5.74) is 2.22. The zero-order valence-corrected chi connectivity index (χ0v) is 7.10. The van der Waals surface area contributed by atoms with Gasteiger partial charge in [0, 0.05) is 6.54 Å². The van der Waals surface area contributed by atoms with Gasteiger partial charge in [-0.3, -0.25) is 0 Å². The number of halogens is 1. The summed E-state index contributed by atoms with van der Waals surface area (Å²) in [4.78, 5) is 3.13. The highest BCUT2D eigenvalue weighted by molar-refractivity contribution is 5.51. The van der Waals surface area contributed by atoms with E-state index in [1.165, 1.54) is 6.07 Å². The van der Waals surface area contributed by atoms with E-state index in [2.05, 4.69) is 10.2 Å². The van der Waals surface area contributed by atoms with Crippen molar-refractivity contribution in [3.63, 3.8) is 0 Å². The Morgan fingerprint density at radius 3 is 3.00 bits per heavy atom. The van der Waals surface area contributed by atoms with Gasteiger partial charge in [0.05, 0.1) is 6.57 Å². The molecule has 66 valence electrons. The van der Waals surface area contributed by atoms with Crippen LogP contribution in [0.1, 0.15) is 11.1 Å². The first kappa shape index (κ1) is 8.21. The van der Waals surface area contributed by atoms with Crippen molar-refractivity contribution in [2.75, 3.05) is 6.54 Å². The summed E-state index contributed by atoms with van der Waals surface area (Å²) < 4.78 is 13.1. The zero-order chi connectivity index (χ0) is 9.26. The van der Waals surface area contributed by atoms with Crippen molar-refractivity contribution in [3.05, 3.63) is 40.5 Å². The molecular formula is C10H9FN2. The average molecular weight is 176 g/mol. The first-order valence-corrected chi connectivity index (χ1v) is 4.21. The van der Waals surface area contributed by atoms with Gasteiger partial charge >= 0.3 is 0 Å². The first-order valence-electron chi connectivity index (χ1n) is 4.21. The summed E-state index contributed by atoms with van der Waals surface area (Å²) >= 11 is 0. The lowest BCUT2D eigenvalue weighted by atomic mass is 10.0. The maximum Gasteiger partial charge on any atom is 0.222 e. The second-order valence-electron chi connectivity index (χ2n) is 3.11. The maximum atomic E-state index is 13.1. The van der Waals surface area contributed by atoms with Crippen molar-refractivity contribution >= 4 is 5.69 Å². The monoisotopic (exact) mass is 176 g/mol. The summed E-state index contributed by atoms with van der Waals surface area (Å²) in [5.74, 6) is -0.405. The highest BCUT2D eigenvalue weighted by Gasteiger charge is 2.12. The van der Waals surface area contributed by atoms with Gasteiger partial charge in [0.1, 0.15) is 5.82 Å². The van der Waals surface area contributed by atoms with Crippen LogP contribution in [0.25, 0.3) is 4.85 Å². The van der Waals surface area contributed by atoms with Crippen LogP contribution in [0.4, 0.5) is 10.1 Å². The summed E-state index contributed by atoms with van der Waals surface area (Å²) in [5, 5.41) is 3.16. The Kier molecular flexibility index (Phi) is 1.99. The summed E-state index contributed by atoms with van der Waals surface area (Å²) in [6.45, 7) is 8.40. The van der Waals surface area contributed by atoms with Crippen LogP contribution < -0.4 is 5.32 Å². The minimum Gasteiger partial charge on any atom is -0.312 e. The third-order valence-corrected chi connectivity index (χ3v) is 2.28. The van der Waals surface area contributed by atoms with Crippen LogP contribution in [0.5, 0.6) is 0 Å². The van der Waals surface area contributed by atoms with E-state index in [-0.39, 0.29) is 5.69 Å². The Balaban J connectivity index is 2.52. The number of hydrogen-bond acceptors (Lipinski definition) is 1. The molecule has 0 aromatic heterocycles. The van der Waals surface area contributed by atoms with E-state index in [4.69, 9.17) is 6.57 Å². The van der Waals surface area contributed by atoms with E-state index in [1.54, 1.807) is 6.07 Å². The van der Waals surface area contributed by atoms with Crippen LogP contribution in [0.15, 0.2) is 12.1 Å². The molecule has 0 bridgehead atoms. The number of benzene rings is 1. The van der Waals surface area contributed by atoms with Crippen molar-refractivity contribution in [3.8, 4) is 0 Å². The van der Waals surface area contributed by atoms with Crippen LogP contribution in [0, 0.1) is 12.4 Å². The second kappa shape index (κ2) is 3.15. The fourth-order valence-electron chi connectivity index (χ4n) is 1.58. The van der Waals surface area contributed by atoms with E-state index in [1.807, 2.05) is 0 Å². The molecule has 0 radical (unpaired) electrons. The molecule has 0 fully saturated rings. The molecule has 2 nitrogen and oxygen atoms in total. The number of hydrogen-bond donors (Lipinski definition) is 1. The summed E-state index contributed by atoms with van der Waals surface area (Å²) in [6, 6.07) is 3.13. The molecule has 0 unspecified atom stereocenters. The van der Waals surface area contributed by atoms with Gasteiger partial charge in [-0.05, 0) is 30.7 Å². The topological polar surface area (TPSA) is 16.4 Å². The Morgan fingerprint density at radius 1 is 1.38 bits per heavy atom. The van der Waals surface area contributed by atoms with Crippen molar-refractivity contribution in [2.45, 2.75) is 13.0 Å². The van der Waals surface area contributed by atoms with Gasteiger partial charge in [0.25, 0.3) is 0 Å². The van der Waals surface area contributed by atoms with Crippen LogP contribution in [0.3, 0.4) is 0 Å². The average Bonchev–Trinajstić information content (AvgIpc) is 2.17. The Labute approximate surface area is 76.2 Å². The number of nitrogens with zero attached hydrogens (tertiary/aromatic N) is 1. The Hall–Kier alpha value is -1.40. The number of rotatable bonds is 0. The molecule has 0 atom stereocenters. The van der Waals surface area contributed by atoms with Crippen molar-refractivity contribution < 1.29 is 4.39 Å². The van der Waals surface area contributed by atoms with Crippen molar-refractivity contribution in [1.82, 2.24) is 5.32 Å². The van der Waals surface area contributed by atoms with E-state index in [0.717, 1.165) is 24.1 Å². The largest absolute Gasteiger partial charge is 0.312 e. The SMILES string of the molecule is [C-]#[N+]c1cc2c(cc1F)CNCC2. The minimum absolute atomic E-state index is 0.139. The molecule has 13 heavy (non-hydrogen) atoms. The summed E-state index contributed by atoms with van der Waals surface area (Å²) in [6.07, 6.45) is 0.887. The molecule has 1 heterocycles. The third kappa shape index (κ3) is 1.41. The van der Waals surface area contributed by atoms with Gasteiger partial charge in [0.2, 0.25) is 5.69 Å². The van der Waals surface area contributed by atoms with Gasteiger partial charge in [-0.2, -0.15) is 0 Å². The second-order valence-corrected chi connectivity index (χ2v) is 3.11. The molecular weight excluding hydrogens is 167 g/mol. The molecule has 1 aromatic carbocycles. The van der Waals surface area contributed by atoms with Crippen LogP contribution in [-0.4, -0.2) is 6.54 Å². The molecule has 1 N–H and O–H groups in total. The van der Waals surface area contributed by atoms with Gasteiger partial charge in [-0.1, -0.05) is 5.56 Å². The van der Waals surface area contributed by atoms with Crippen LogP contribution >= 0.6 is 0 Å². The molecule has 2 rings (SSSR count). The maximum absolute atomic E-state index is 13.1. The van der Waals surface area contributed by atoms with Crippen molar-refractivity contribution in [2.24, 2.45) is 0 Å². The van der Waals surface area contributed by atoms with E-state index in [9.17, 15) is 4.39 Å². The molecule has 0 saturated carbocycles. The smallest absolute Gasteiger partial charge is 0.222 e. The van der Waals surface area contributed by atoms with Gasteiger partial charge in [0.15, 0.2) is 0 Å². The Bertz CT molecular complexity index is 379.